The number of aromatic nitrogens is 1. The Bertz CT molecular complexity index is 1240. The van der Waals surface area contributed by atoms with E-state index in [9.17, 15) is 4.79 Å². The van der Waals surface area contributed by atoms with Gasteiger partial charge in [-0.05, 0) is 35.9 Å². The molecule has 0 saturated carbocycles. The average Bonchev–Trinajstić information content (AvgIpc) is 3.21. The number of carbonyl (C=O) groups excluding carboxylic acids is 1. The van der Waals surface area contributed by atoms with Gasteiger partial charge in [0.05, 0.1) is 4.91 Å². The Hall–Kier alpha value is -2.75. The highest BCUT2D eigenvalue weighted by Gasteiger charge is 2.26. The van der Waals surface area contributed by atoms with Crippen molar-refractivity contribution in [1.29, 1.82) is 0 Å². The molecule has 0 aliphatic carbocycles. The molecule has 4 aromatic rings. The molecule has 2 nitrogen and oxygen atoms in total. The molecule has 1 aliphatic heterocycles. The number of nitrogens with zero attached hydrogens (tertiary/aromatic N) is 1. The summed E-state index contributed by atoms with van der Waals surface area (Å²) in [5, 5.41) is 1.74. The number of hydrogen-bond donors (Lipinski definition) is 0. The smallest absolute Gasteiger partial charge is 0.200 e. The second kappa shape index (κ2) is 7.01. The molecule has 0 bridgehead atoms. The van der Waals surface area contributed by atoms with Crippen LogP contribution in [0.3, 0.4) is 0 Å². The number of ketones is 1. The monoisotopic (exact) mass is 401 g/mol. The van der Waals surface area contributed by atoms with E-state index in [1.165, 1.54) is 17.3 Å². The Kier molecular flexibility index (Phi) is 4.34. The van der Waals surface area contributed by atoms with Gasteiger partial charge >= 0.3 is 0 Å². The lowest BCUT2D eigenvalue weighted by molar-refractivity contribution is 0.104. The number of fused-ring (bicyclic) bond motifs is 2. The molecule has 0 radical (unpaired) electrons. The van der Waals surface area contributed by atoms with E-state index < -0.39 is 0 Å². The van der Waals surface area contributed by atoms with Crippen molar-refractivity contribution >= 4 is 46.1 Å². The van der Waals surface area contributed by atoms with Crippen molar-refractivity contribution in [3.63, 3.8) is 0 Å². The molecule has 0 unspecified atom stereocenters. The molecule has 28 heavy (non-hydrogen) atoms. The van der Waals surface area contributed by atoms with Crippen LogP contribution in [0.15, 0.2) is 88.8 Å². The molecule has 136 valence electrons. The zero-order chi connectivity index (χ0) is 19.1. The lowest BCUT2D eigenvalue weighted by Crippen LogP contribution is -1.97. The maximum atomic E-state index is 12.8. The fourth-order valence-corrected chi connectivity index (χ4v) is 4.80. The van der Waals surface area contributed by atoms with E-state index in [2.05, 4.69) is 47.2 Å². The van der Waals surface area contributed by atoms with Gasteiger partial charge in [-0.1, -0.05) is 71.9 Å². The predicted molar refractivity (Wildman–Crippen MR) is 117 cm³/mol. The fraction of sp³-hybridized carbons (Fsp3) is 0.0417. The first-order chi connectivity index (χ1) is 13.7. The average molecular weight is 402 g/mol. The Balaban J connectivity index is 1.57. The van der Waals surface area contributed by atoms with Gasteiger partial charge in [0.1, 0.15) is 0 Å². The van der Waals surface area contributed by atoms with Gasteiger partial charge in [0.2, 0.25) is 5.78 Å². The molecule has 5 rings (SSSR count). The Morgan fingerprint density at radius 2 is 1.75 bits per heavy atom. The number of thioether (sulfide) groups is 1. The van der Waals surface area contributed by atoms with Gasteiger partial charge in [0.15, 0.2) is 0 Å². The van der Waals surface area contributed by atoms with Crippen molar-refractivity contribution in [1.82, 2.24) is 4.57 Å². The number of allylic oxidation sites excluding steroid dienone is 1. The number of halogens is 1. The van der Waals surface area contributed by atoms with Gasteiger partial charge < -0.3 is 4.57 Å². The minimum atomic E-state index is 0.0439. The van der Waals surface area contributed by atoms with E-state index in [-0.39, 0.29) is 5.78 Å². The van der Waals surface area contributed by atoms with Crippen LogP contribution in [0.1, 0.15) is 21.5 Å². The molecular weight excluding hydrogens is 386 g/mol. The molecular formula is C24H16ClNOS. The summed E-state index contributed by atoms with van der Waals surface area (Å²) in [4.78, 5) is 14.5. The van der Waals surface area contributed by atoms with Crippen LogP contribution in [0.4, 0.5) is 0 Å². The summed E-state index contributed by atoms with van der Waals surface area (Å²) in [6.07, 6.45) is 4.14. The maximum absolute atomic E-state index is 12.8. The van der Waals surface area contributed by atoms with E-state index in [4.69, 9.17) is 11.6 Å². The Labute approximate surface area is 172 Å². The number of rotatable bonds is 3. The second-order valence-corrected chi connectivity index (χ2v) is 8.32. The topological polar surface area (TPSA) is 22.0 Å². The van der Waals surface area contributed by atoms with Gasteiger partial charge in [-0.25, -0.2) is 0 Å². The zero-order valence-corrected chi connectivity index (χ0v) is 16.5. The zero-order valence-electron chi connectivity index (χ0n) is 14.9. The van der Waals surface area contributed by atoms with Crippen LogP contribution in [0.5, 0.6) is 0 Å². The summed E-state index contributed by atoms with van der Waals surface area (Å²) >= 11 is 7.58. The van der Waals surface area contributed by atoms with Gasteiger partial charge in [0.25, 0.3) is 0 Å². The van der Waals surface area contributed by atoms with Crippen molar-refractivity contribution < 1.29 is 4.79 Å². The van der Waals surface area contributed by atoms with Gasteiger partial charge in [0, 0.05) is 44.7 Å². The SMILES string of the molecule is O=C1/C(=C/c2cn(Cc3ccccc3)c3ccccc23)Sc2ccc(Cl)cc21. The summed E-state index contributed by atoms with van der Waals surface area (Å²) in [5.41, 5.74) is 4.16. The lowest BCUT2D eigenvalue weighted by atomic mass is 10.1. The first kappa shape index (κ1) is 17.4. The van der Waals surface area contributed by atoms with E-state index in [0.717, 1.165) is 32.8 Å². The maximum Gasteiger partial charge on any atom is 0.200 e. The molecule has 0 spiro atoms. The molecule has 0 atom stereocenters. The number of para-hydroxylation sites is 1. The van der Waals surface area contributed by atoms with Gasteiger partial charge in [-0.15, -0.1) is 0 Å². The largest absolute Gasteiger partial charge is 0.342 e. The summed E-state index contributed by atoms with van der Waals surface area (Å²) in [5.74, 6) is 0.0439. The number of hydrogen-bond acceptors (Lipinski definition) is 2. The lowest BCUT2D eigenvalue weighted by Gasteiger charge is -2.05. The number of carbonyl (C=O) groups is 1. The minimum absolute atomic E-state index is 0.0439. The third kappa shape index (κ3) is 3.07. The van der Waals surface area contributed by atoms with Crippen molar-refractivity contribution in [2.45, 2.75) is 11.4 Å². The predicted octanol–water partition coefficient (Wildman–Crippen LogP) is 6.67. The molecule has 0 amide bonds. The summed E-state index contributed by atoms with van der Waals surface area (Å²) in [6.45, 7) is 0.793. The Morgan fingerprint density at radius 3 is 2.61 bits per heavy atom. The van der Waals surface area contributed by atoms with Crippen LogP contribution >= 0.6 is 23.4 Å². The molecule has 2 heterocycles. The fourth-order valence-electron chi connectivity index (χ4n) is 3.60. The van der Waals surface area contributed by atoms with Crippen molar-refractivity contribution in [3.05, 3.63) is 106 Å². The van der Waals surface area contributed by atoms with Crippen LogP contribution in [0.25, 0.3) is 17.0 Å². The highest BCUT2D eigenvalue weighted by Crippen LogP contribution is 2.42. The molecule has 0 saturated heterocycles. The van der Waals surface area contributed by atoms with E-state index in [1.54, 1.807) is 6.07 Å². The van der Waals surface area contributed by atoms with Crippen LogP contribution in [0.2, 0.25) is 5.02 Å². The molecule has 0 fully saturated rings. The number of Topliss-reactive ketones (excluding diaryl/α,β-unsaturated/α-hetero) is 1. The minimum Gasteiger partial charge on any atom is -0.342 e. The van der Waals surface area contributed by atoms with Gasteiger partial charge in [-0.2, -0.15) is 0 Å². The van der Waals surface area contributed by atoms with Crippen molar-refractivity contribution in [3.8, 4) is 0 Å². The summed E-state index contributed by atoms with van der Waals surface area (Å²) in [6, 6.07) is 24.2. The standard InChI is InChI=1S/C24H16ClNOS/c25-18-10-11-22-20(13-18)24(27)23(28-22)12-17-15-26(14-16-6-2-1-3-7-16)21-9-5-4-8-19(17)21/h1-13,15H,14H2/b23-12-. The van der Waals surface area contributed by atoms with E-state index >= 15 is 0 Å². The molecule has 4 heteroatoms. The quantitative estimate of drug-likeness (QED) is 0.357. The third-order valence-electron chi connectivity index (χ3n) is 4.93. The van der Waals surface area contributed by atoms with Crippen LogP contribution in [-0.2, 0) is 6.54 Å². The third-order valence-corrected chi connectivity index (χ3v) is 6.27. The van der Waals surface area contributed by atoms with Gasteiger partial charge in [-0.3, -0.25) is 4.79 Å². The molecule has 3 aromatic carbocycles. The summed E-state index contributed by atoms with van der Waals surface area (Å²) < 4.78 is 2.24. The highest BCUT2D eigenvalue weighted by molar-refractivity contribution is 8.04. The second-order valence-electron chi connectivity index (χ2n) is 6.80. The first-order valence-corrected chi connectivity index (χ1v) is 10.2. The van der Waals surface area contributed by atoms with E-state index in [1.807, 2.05) is 36.4 Å². The van der Waals surface area contributed by atoms with Crippen molar-refractivity contribution in [2.75, 3.05) is 0 Å². The highest BCUT2D eigenvalue weighted by atomic mass is 35.5. The van der Waals surface area contributed by atoms with Crippen LogP contribution < -0.4 is 0 Å². The first-order valence-electron chi connectivity index (χ1n) is 9.05. The summed E-state index contributed by atoms with van der Waals surface area (Å²) in [7, 11) is 0. The van der Waals surface area contributed by atoms with Crippen LogP contribution in [-0.4, -0.2) is 10.4 Å². The van der Waals surface area contributed by atoms with Crippen LogP contribution in [0, 0.1) is 0 Å². The van der Waals surface area contributed by atoms with Crippen molar-refractivity contribution in [2.24, 2.45) is 0 Å². The normalized spacial score (nSPS) is 14.8. The molecule has 1 aliphatic rings. The molecule has 1 aromatic heterocycles. The Morgan fingerprint density at radius 1 is 0.964 bits per heavy atom. The number of benzene rings is 3. The van der Waals surface area contributed by atoms with E-state index in [0.29, 0.717) is 10.6 Å². The molecule has 0 N–H and O–H groups in total.